The maximum atomic E-state index is 13.2. The van der Waals surface area contributed by atoms with Crippen LogP contribution in [0.4, 0.5) is 0 Å². The fraction of sp³-hybridized carbons (Fsp3) is 0.375. The number of carbonyl (C=O) groups excluding carboxylic acids is 1. The number of benzene rings is 2. The van der Waals surface area contributed by atoms with E-state index in [2.05, 4.69) is 24.0 Å². The summed E-state index contributed by atoms with van der Waals surface area (Å²) in [5.74, 6) is 1.45. The van der Waals surface area contributed by atoms with Crippen LogP contribution in [0.15, 0.2) is 54.6 Å². The molecule has 0 saturated carbocycles. The summed E-state index contributed by atoms with van der Waals surface area (Å²) in [6, 6.07) is 15.9. The highest BCUT2D eigenvalue weighted by molar-refractivity contribution is 5.92. The fourth-order valence-electron chi connectivity index (χ4n) is 3.77. The molecule has 1 atom stereocenters. The minimum absolute atomic E-state index is 0.00252. The van der Waals surface area contributed by atoms with Gasteiger partial charge in [-0.1, -0.05) is 36.4 Å². The third-order valence-electron chi connectivity index (χ3n) is 5.45. The lowest BCUT2D eigenvalue weighted by Gasteiger charge is -2.34. The maximum Gasteiger partial charge on any atom is 0.247 e. The Morgan fingerprint density at radius 3 is 2.67 bits per heavy atom. The number of nitrogens with zero attached hydrogens (tertiary/aromatic N) is 2. The lowest BCUT2D eigenvalue weighted by atomic mass is 10.1. The molecule has 2 aromatic carbocycles. The van der Waals surface area contributed by atoms with Gasteiger partial charge in [0.15, 0.2) is 11.5 Å². The molecule has 1 fully saturated rings. The van der Waals surface area contributed by atoms with E-state index in [9.17, 15) is 4.79 Å². The van der Waals surface area contributed by atoms with Crippen molar-refractivity contribution < 1.29 is 19.0 Å². The summed E-state index contributed by atoms with van der Waals surface area (Å²) in [6.45, 7) is 7.09. The first-order valence-electron chi connectivity index (χ1n) is 10.4. The van der Waals surface area contributed by atoms with Crippen LogP contribution >= 0.6 is 0 Å². The number of ether oxygens (including phenoxy) is 3. The molecule has 1 unspecified atom stereocenters. The highest BCUT2D eigenvalue weighted by Crippen LogP contribution is 2.32. The maximum absolute atomic E-state index is 13.2. The predicted octanol–water partition coefficient (Wildman–Crippen LogP) is 3.18. The van der Waals surface area contributed by atoms with Crippen LogP contribution in [-0.2, 0) is 16.1 Å². The standard InChI is InChI=1S/C24H28N2O4/c1-19(16-25-11-13-28-14-12-25)26(17-21-5-3-2-4-6-21)24(27)10-8-20-7-9-22-23(15-20)30-18-29-22/h2-10,15,19H,11-14,16-18H2,1H3/b10-8+. The molecule has 0 N–H and O–H groups in total. The van der Waals surface area contributed by atoms with E-state index in [-0.39, 0.29) is 18.7 Å². The van der Waals surface area contributed by atoms with Crippen molar-refractivity contribution in [3.05, 3.63) is 65.7 Å². The van der Waals surface area contributed by atoms with Crippen LogP contribution in [0.3, 0.4) is 0 Å². The molecule has 0 aromatic heterocycles. The van der Waals surface area contributed by atoms with Gasteiger partial charge in [-0.05, 0) is 36.3 Å². The van der Waals surface area contributed by atoms with Crippen molar-refractivity contribution in [1.82, 2.24) is 9.80 Å². The van der Waals surface area contributed by atoms with Gasteiger partial charge in [-0.3, -0.25) is 9.69 Å². The van der Waals surface area contributed by atoms with Crippen molar-refractivity contribution in [1.29, 1.82) is 0 Å². The lowest BCUT2D eigenvalue weighted by Crippen LogP contribution is -2.47. The van der Waals surface area contributed by atoms with Crippen molar-refractivity contribution in [2.24, 2.45) is 0 Å². The molecule has 6 nitrogen and oxygen atoms in total. The van der Waals surface area contributed by atoms with Crippen molar-refractivity contribution in [2.75, 3.05) is 39.6 Å². The van der Waals surface area contributed by atoms with Gasteiger partial charge in [0.05, 0.1) is 13.2 Å². The number of rotatable bonds is 7. The third kappa shape index (κ3) is 5.20. The Kier molecular flexibility index (Phi) is 6.67. The molecule has 0 radical (unpaired) electrons. The van der Waals surface area contributed by atoms with E-state index < -0.39 is 0 Å². The predicted molar refractivity (Wildman–Crippen MR) is 115 cm³/mol. The van der Waals surface area contributed by atoms with Gasteiger partial charge in [-0.25, -0.2) is 0 Å². The summed E-state index contributed by atoms with van der Waals surface area (Å²) in [6.07, 6.45) is 3.49. The van der Waals surface area contributed by atoms with E-state index in [1.54, 1.807) is 6.08 Å². The normalized spacial score (nSPS) is 17.2. The Hall–Kier alpha value is -2.83. The zero-order chi connectivity index (χ0) is 20.8. The Balaban J connectivity index is 1.47. The van der Waals surface area contributed by atoms with E-state index in [1.165, 1.54) is 0 Å². The number of fused-ring (bicyclic) bond motifs is 1. The van der Waals surface area contributed by atoms with Gasteiger partial charge in [0.2, 0.25) is 12.7 Å². The largest absolute Gasteiger partial charge is 0.454 e. The van der Waals surface area contributed by atoms with Gasteiger partial charge in [-0.15, -0.1) is 0 Å². The van der Waals surface area contributed by atoms with E-state index in [0.29, 0.717) is 12.3 Å². The van der Waals surface area contributed by atoms with E-state index in [0.717, 1.165) is 49.7 Å². The van der Waals surface area contributed by atoms with Gasteiger partial charge in [0.1, 0.15) is 0 Å². The molecule has 0 bridgehead atoms. The van der Waals surface area contributed by atoms with Crippen LogP contribution < -0.4 is 9.47 Å². The minimum Gasteiger partial charge on any atom is -0.454 e. The van der Waals surface area contributed by atoms with Crippen LogP contribution in [-0.4, -0.2) is 61.4 Å². The van der Waals surface area contributed by atoms with Crippen LogP contribution in [0.25, 0.3) is 6.08 Å². The molecule has 4 rings (SSSR count). The molecule has 2 aliphatic rings. The zero-order valence-electron chi connectivity index (χ0n) is 17.3. The van der Waals surface area contributed by atoms with Gasteiger partial charge in [0, 0.05) is 38.3 Å². The Morgan fingerprint density at radius 1 is 1.10 bits per heavy atom. The van der Waals surface area contributed by atoms with Crippen molar-refractivity contribution in [2.45, 2.75) is 19.5 Å². The quantitative estimate of drug-likeness (QED) is 0.659. The molecule has 0 aliphatic carbocycles. The average Bonchev–Trinajstić information content (AvgIpc) is 3.25. The number of hydrogen-bond donors (Lipinski definition) is 0. The topological polar surface area (TPSA) is 51.2 Å². The number of amides is 1. The summed E-state index contributed by atoms with van der Waals surface area (Å²) < 4.78 is 16.2. The highest BCUT2D eigenvalue weighted by atomic mass is 16.7. The summed E-state index contributed by atoms with van der Waals surface area (Å²) in [5, 5.41) is 0. The number of hydrogen-bond acceptors (Lipinski definition) is 5. The molecule has 1 amide bonds. The summed E-state index contributed by atoms with van der Waals surface area (Å²) in [5.41, 5.74) is 2.03. The Morgan fingerprint density at radius 2 is 1.87 bits per heavy atom. The minimum atomic E-state index is -0.00252. The van der Waals surface area contributed by atoms with Crippen LogP contribution in [0.5, 0.6) is 11.5 Å². The third-order valence-corrected chi connectivity index (χ3v) is 5.45. The van der Waals surface area contributed by atoms with Crippen molar-refractivity contribution in [3.63, 3.8) is 0 Å². The molecule has 6 heteroatoms. The average molecular weight is 408 g/mol. The van der Waals surface area contributed by atoms with Crippen molar-refractivity contribution >= 4 is 12.0 Å². The molecule has 2 heterocycles. The fourth-order valence-corrected chi connectivity index (χ4v) is 3.77. The molecule has 2 aliphatic heterocycles. The van der Waals surface area contributed by atoms with Gasteiger partial charge in [0.25, 0.3) is 0 Å². The monoisotopic (exact) mass is 408 g/mol. The first-order chi connectivity index (χ1) is 14.7. The number of morpholine rings is 1. The smallest absolute Gasteiger partial charge is 0.247 e. The van der Waals surface area contributed by atoms with Gasteiger partial charge in [-0.2, -0.15) is 0 Å². The van der Waals surface area contributed by atoms with Crippen LogP contribution in [0.2, 0.25) is 0 Å². The highest BCUT2D eigenvalue weighted by Gasteiger charge is 2.22. The second kappa shape index (κ2) is 9.78. The summed E-state index contributed by atoms with van der Waals surface area (Å²) in [7, 11) is 0. The molecular weight excluding hydrogens is 380 g/mol. The second-order valence-corrected chi connectivity index (χ2v) is 7.66. The van der Waals surface area contributed by atoms with Crippen molar-refractivity contribution in [3.8, 4) is 11.5 Å². The van der Waals surface area contributed by atoms with E-state index in [1.807, 2.05) is 47.4 Å². The molecule has 158 valence electrons. The van der Waals surface area contributed by atoms with Crippen LogP contribution in [0.1, 0.15) is 18.1 Å². The first-order valence-corrected chi connectivity index (χ1v) is 10.4. The summed E-state index contributed by atoms with van der Waals surface area (Å²) >= 11 is 0. The summed E-state index contributed by atoms with van der Waals surface area (Å²) in [4.78, 5) is 17.5. The molecule has 2 aromatic rings. The number of carbonyl (C=O) groups is 1. The molecule has 1 saturated heterocycles. The molecule has 0 spiro atoms. The van der Waals surface area contributed by atoms with Gasteiger partial charge >= 0.3 is 0 Å². The van der Waals surface area contributed by atoms with E-state index in [4.69, 9.17) is 14.2 Å². The first kappa shape index (κ1) is 20.4. The molecule has 30 heavy (non-hydrogen) atoms. The Bertz CT molecular complexity index is 878. The SMILES string of the molecule is CC(CN1CCOCC1)N(Cc1ccccc1)C(=O)/C=C/c1ccc2c(c1)OCO2. The van der Waals surface area contributed by atoms with Crippen LogP contribution in [0, 0.1) is 0 Å². The second-order valence-electron chi connectivity index (χ2n) is 7.66. The lowest BCUT2D eigenvalue weighted by molar-refractivity contribution is -0.129. The Labute approximate surface area is 177 Å². The molecular formula is C24H28N2O4. The zero-order valence-corrected chi connectivity index (χ0v) is 17.3. The van der Waals surface area contributed by atoms with E-state index >= 15 is 0 Å². The van der Waals surface area contributed by atoms with Gasteiger partial charge < -0.3 is 19.1 Å².